The molecule has 0 radical (unpaired) electrons. The van der Waals surface area contributed by atoms with E-state index in [0.717, 1.165) is 13.1 Å². The number of carbonyl (C=O) groups is 1. The third-order valence-corrected chi connectivity index (χ3v) is 3.27. The van der Waals surface area contributed by atoms with Gasteiger partial charge in [0.2, 0.25) is 5.91 Å². The molecule has 0 aromatic heterocycles. The molecule has 0 spiro atoms. The highest BCUT2D eigenvalue weighted by Gasteiger charge is 2.34. The average Bonchev–Trinajstić information content (AvgIpc) is 2.74. The van der Waals surface area contributed by atoms with Crippen LogP contribution in [0.3, 0.4) is 0 Å². The molecule has 2 heterocycles. The minimum atomic E-state index is 0.246. The van der Waals surface area contributed by atoms with Gasteiger partial charge in [0.15, 0.2) is 0 Å². The summed E-state index contributed by atoms with van der Waals surface area (Å²) < 4.78 is 0. The van der Waals surface area contributed by atoms with Gasteiger partial charge in [-0.05, 0) is 32.2 Å². The summed E-state index contributed by atoms with van der Waals surface area (Å²) in [7, 11) is 0. The molecule has 3 nitrogen and oxygen atoms in total. The molecule has 1 N–H and O–H groups in total. The van der Waals surface area contributed by atoms with Crippen molar-refractivity contribution in [3.05, 3.63) is 0 Å². The van der Waals surface area contributed by atoms with Gasteiger partial charge in [-0.15, -0.1) is 0 Å². The number of hydrogen-bond acceptors (Lipinski definition) is 2. The van der Waals surface area contributed by atoms with Crippen LogP contribution >= 0.6 is 0 Å². The van der Waals surface area contributed by atoms with E-state index in [1.165, 1.54) is 25.7 Å². The normalized spacial score (nSPS) is 34.1. The lowest BCUT2D eigenvalue weighted by molar-refractivity contribution is -0.130. The van der Waals surface area contributed by atoms with E-state index in [1.54, 1.807) is 6.92 Å². The smallest absolute Gasteiger partial charge is 0.219 e. The second-order valence-electron chi connectivity index (χ2n) is 4.12. The number of likely N-dealkylation sites (tertiary alicyclic amines) is 1. The Morgan fingerprint density at radius 3 is 2.85 bits per heavy atom. The lowest BCUT2D eigenvalue weighted by atomic mass is 10.0. The quantitative estimate of drug-likeness (QED) is 0.649. The van der Waals surface area contributed by atoms with E-state index >= 15 is 0 Å². The first kappa shape index (κ1) is 9.00. The van der Waals surface area contributed by atoms with Gasteiger partial charge >= 0.3 is 0 Å². The van der Waals surface area contributed by atoms with Gasteiger partial charge in [-0.25, -0.2) is 0 Å². The van der Waals surface area contributed by atoms with Crippen molar-refractivity contribution in [2.45, 2.75) is 44.7 Å². The van der Waals surface area contributed by atoms with E-state index in [1.807, 2.05) is 4.90 Å². The Morgan fingerprint density at radius 2 is 2.23 bits per heavy atom. The van der Waals surface area contributed by atoms with Gasteiger partial charge in [-0.2, -0.15) is 0 Å². The Labute approximate surface area is 79.5 Å². The Balaban J connectivity index is 2.00. The van der Waals surface area contributed by atoms with Gasteiger partial charge in [0, 0.05) is 25.6 Å². The van der Waals surface area contributed by atoms with Crippen molar-refractivity contribution in [3.8, 4) is 0 Å². The van der Waals surface area contributed by atoms with Gasteiger partial charge in [0.25, 0.3) is 0 Å². The second kappa shape index (κ2) is 3.66. The molecule has 2 rings (SSSR count). The molecule has 3 heteroatoms. The van der Waals surface area contributed by atoms with Crippen molar-refractivity contribution in [1.29, 1.82) is 0 Å². The number of nitrogens with one attached hydrogen (secondary N) is 1. The van der Waals surface area contributed by atoms with Crippen LogP contribution in [0.4, 0.5) is 0 Å². The minimum Gasteiger partial charge on any atom is -0.338 e. The van der Waals surface area contributed by atoms with Gasteiger partial charge in [-0.3, -0.25) is 4.79 Å². The van der Waals surface area contributed by atoms with Crippen LogP contribution in [0.5, 0.6) is 0 Å². The average molecular weight is 182 g/mol. The maximum atomic E-state index is 11.3. The van der Waals surface area contributed by atoms with E-state index in [-0.39, 0.29) is 5.91 Å². The summed E-state index contributed by atoms with van der Waals surface area (Å²) in [5.74, 6) is 0.246. The van der Waals surface area contributed by atoms with Crippen LogP contribution in [0, 0.1) is 0 Å². The molecule has 74 valence electrons. The number of amides is 1. The van der Waals surface area contributed by atoms with E-state index in [4.69, 9.17) is 0 Å². The van der Waals surface area contributed by atoms with Crippen molar-refractivity contribution in [1.82, 2.24) is 10.2 Å². The summed E-state index contributed by atoms with van der Waals surface area (Å²) in [6, 6.07) is 1.06. The minimum absolute atomic E-state index is 0.246. The third kappa shape index (κ3) is 1.70. The van der Waals surface area contributed by atoms with Crippen LogP contribution < -0.4 is 5.32 Å². The van der Waals surface area contributed by atoms with Gasteiger partial charge in [-0.1, -0.05) is 0 Å². The summed E-state index contributed by atoms with van der Waals surface area (Å²) in [5, 5.41) is 3.49. The maximum absolute atomic E-state index is 11.3. The predicted molar refractivity (Wildman–Crippen MR) is 51.4 cm³/mol. The molecule has 0 unspecified atom stereocenters. The monoisotopic (exact) mass is 182 g/mol. The number of carbonyl (C=O) groups excluding carboxylic acids is 1. The molecule has 2 aliphatic rings. The largest absolute Gasteiger partial charge is 0.338 e. The van der Waals surface area contributed by atoms with E-state index in [2.05, 4.69) is 5.32 Å². The molecule has 2 fully saturated rings. The Kier molecular flexibility index (Phi) is 2.54. The van der Waals surface area contributed by atoms with Crippen molar-refractivity contribution in [2.75, 3.05) is 13.1 Å². The van der Waals surface area contributed by atoms with Crippen LogP contribution in [0.2, 0.25) is 0 Å². The highest BCUT2D eigenvalue weighted by atomic mass is 16.2. The maximum Gasteiger partial charge on any atom is 0.219 e. The number of hydrogen-bond donors (Lipinski definition) is 1. The van der Waals surface area contributed by atoms with Crippen LogP contribution in [0.1, 0.15) is 32.6 Å². The molecule has 1 amide bonds. The SMILES string of the molecule is CC(=O)N1CCC[C@@H]1[C@@H]1CCCN1. The molecule has 0 aliphatic carbocycles. The first-order valence-corrected chi connectivity index (χ1v) is 5.29. The van der Waals surface area contributed by atoms with Crippen LogP contribution in [0.25, 0.3) is 0 Å². The zero-order valence-corrected chi connectivity index (χ0v) is 8.25. The van der Waals surface area contributed by atoms with Crippen molar-refractivity contribution in [3.63, 3.8) is 0 Å². The van der Waals surface area contributed by atoms with Crippen LogP contribution in [0.15, 0.2) is 0 Å². The Bertz CT molecular complexity index is 199. The lowest BCUT2D eigenvalue weighted by Crippen LogP contribution is -2.45. The fourth-order valence-electron chi connectivity index (χ4n) is 2.64. The summed E-state index contributed by atoms with van der Waals surface area (Å²) in [4.78, 5) is 13.4. The zero-order valence-electron chi connectivity index (χ0n) is 8.25. The molecule has 0 aromatic carbocycles. The summed E-state index contributed by atoms with van der Waals surface area (Å²) >= 11 is 0. The lowest BCUT2D eigenvalue weighted by Gasteiger charge is -2.28. The second-order valence-corrected chi connectivity index (χ2v) is 4.12. The molecule has 0 bridgehead atoms. The van der Waals surface area contributed by atoms with Gasteiger partial charge in [0.05, 0.1) is 0 Å². The van der Waals surface area contributed by atoms with Gasteiger partial charge < -0.3 is 10.2 Å². The summed E-state index contributed by atoms with van der Waals surface area (Å²) in [6.45, 7) is 3.79. The molecule has 0 saturated carbocycles. The highest BCUT2D eigenvalue weighted by molar-refractivity contribution is 5.74. The fraction of sp³-hybridized carbons (Fsp3) is 0.900. The molecule has 13 heavy (non-hydrogen) atoms. The van der Waals surface area contributed by atoms with E-state index in [9.17, 15) is 4.79 Å². The topological polar surface area (TPSA) is 32.3 Å². The number of rotatable bonds is 1. The number of nitrogens with zero attached hydrogens (tertiary/aromatic N) is 1. The first-order chi connectivity index (χ1) is 6.29. The Morgan fingerprint density at radius 1 is 1.38 bits per heavy atom. The van der Waals surface area contributed by atoms with Crippen molar-refractivity contribution >= 4 is 5.91 Å². The predicted octanol–water partition coefficient (Wildman–Crippen LogP) is 0.749. The molecular formula is C10H18N2O. The van der Waals surface area contributed by atoms with Crippen LogP contribution in [-0.4, -0.2) is 36.0 Å². The summed E-state index contributed by atoms with van der Waals surface area (Å²) in [6.07, 6.45) is 4.89. The molecular weight excluding hydrogens is 164 g/mol. The van der Waals surface area contributed by atoms with Gasteiger partial charge in [0.1, 0.15) is 0 Å². The van der Waals surface area contributed by atoms with Crippen LogP contribution in [-0.2, 0) is 4.79 Å². The Hall–Kier alpha value is -0.570. The highest BCUT2D eigenvalue weighted by Crippen LogP contribution is 2.24. The standard InChI is InChI=1S/C10H18N2O/c1-8(13)12-7-3-5-10(12)9-4-2-6-11-9/h9-11H,2-7H2,1H3/t9-,10+/m0/s1. The molecule has 0 aromatic rings. The van der Waals surface area contributed by atoms with E-state index in [0.29, 0.717) is 12.1 Å². The summed E-state index contributed by atoms with van der Waals surface area (Å²) in [5.41, 5.74) is 0. The van der Waals surface area contributed by atoms with E-state index < -0.39 is 0 Å². The van der Waals surface area contributed by atoms with Crippen molar-refractivity contribution < 1.29 is 4.79 Å². The fourth-order valence-corrected chi connectivity index (χ4v) is 2.64. The molecule has 2 saturated heterocycles. The first-order valence-electron chi connectivity index (χ1n) is 5.29. The zero-order chi connectivity index (χ0) is 9.26. The molecule has 2 aliphatic heterocycles. The molecule has 2 atom stereocenters. The van der Waals surface area contributed by atoms with Crippen molar-refractivity contribution in [2.24, 2.45) is 0 Å². The third-order valence-electron chi connectivity index (χ3n) is 3.27.